The van der Waals surface area contributed by atoms with Gasteiger partial charge in [0.1, 0.15) is 0 Å². The maximum Gasteiger partial charge on any atom is 0.358 e. The van der Waals surface area contributed by atoms with Gasteiger partial charge < -0.3 is 9.47 Å². The molecule has 5 heteroatoms. The van der Waals surface area contributed by atoms with Crippen molar-refractivity contribution in [2.45, 2.75) is 6.61 Å². The fourth-order valence-corrected chi connectivity index (χ4v) is 1.13. The number of esters is 1. The van der Waals surface area contributed by atoms with Gasteiger partial charge in [0.05, 0.1) is 24.4 Å². The summed E-state index contributed by atoms with van der Waals surface area (Å²) in [5.41, 5.74) is 0.751. The van der Waals surface area contributed by atoms with Crippen LogP contribution in [0.15, 0.2) is 12.1 Å². The number of pyridine rings is 1. The number of carbonyl (C=O) groups excluding carboxylic acids is 1. The Morgan fingerprint density at radius 1 is 1.50 bits per heavy atom. The first-order chi connectivity index (χ1) is 6.69. The first-order valence-corrected chi connectivity index (χ1v) is 4.29. The van der Waals surface area contributed by atoms with E-state index in [2.05, 4.69) is 9.72 Å². The van der Waals surface area contributed by atoms with Gasteiger partial charge in [-0.1, -0.05) is 11.6 Å². The maximum atomic E-state index is 11.2. The highest BCUT2D eigenvalue weighted by Crippen LogP contribution is 2.15. The van der Waals surface area contributed by atoms with E-state index >= 15 is 0 Å². The fourth-order valence-electron chi connectivity index (χ4n) is 0.951. The lowest BCUT2D eigenvalue weighted by atomic mass is 10.3. The molecule has 0 radical (unpaired) electrons. The number of halogens is 1. The summed E-state index contributed by atoms with van der Waals surface area (Å²) in [4.78, 5) is 15.2. The third kappa shape index (κ3) is 2.43. The molecular formula is C9H10ClNO3. The van der Waals surface area contributed by atoms with Crippen molar-refractivity contribution in [1.82, 2.24) is 4.98 Å². The monoisotopic (exact) mass is 215 g/mol. The second-order valence-corrected chi connectivity index (χ2v) is 2.96. The molecule has 1 rings (SSSR count). The third-order valence-corrected chi connectivity index (χ3v) is 1.88. The minimum atomic E-state index is -0.548. The Morgan fingerprint density at radius 2 is 2.21 bits per heavy atom. The molecule has 0 aliphatic carbocycles. The van der Waals surface area contributed by atoms with E-state index in [-0.39, 0.29) is 10.7 Å². The highest BCUT2D eigenvalue weighted by atomic mass is 35.5. The predicted molar refractivity (Wildman–Crippen MR) is 51.3 cm³/mol. The smallest absolute Gasteiger partial charge is 0.358 e. The molecule has 0 aliphatic heterocycles. The Morgan fingerprint density at radius 3 is 2.79 bits per heavy atom. The number of hydrogen-bond acceptors (Lipinski definition) is 4. The summed E-state index contributed by atoms with van der Waals surface area (Å²) in [7, 11) is 2.83. The van der Waals surface area contributed by atoms with Crippen LogP contribution in [-0.4, -0.2) is 25.2 Å². The van der Waals surface area contributed by atoms with Crippen LogP contribution in [0.3, 0.4) is 0 Å². The average molecular weight is 216 g/mol. The summed E-state index contributed by atoms with van der Waals surface area (Å²) in [6, 6.07) is 3.29. The third-order valence-electron chi connectivity index (χ3n) is 1.57. The summed E-state index contributed by atoms with van der Waals surface area (Å²) in [6.45, 7) is 0.334. The van der Waals surface area contributed by atoms with Crippen molar-refractivity contribution in [3.05, 3.63) is 28.5 Å². The first kappa shape index (κ1) is 10.9. The van der Waals surface area contributed by atoms with E-state index < -0.39 is 5.97 Å². The number of nitrogens with zero attached hydrogens (tertiary/aromatic N) is 1. The first-order valence-electron chi connectivity index (χ1n) is 3.91. The van der Waals surface area contributed by atoms with Gasteiger partial charge in [-0.15, -0.1) is 0 Å². The maximum absolute atomic E-state index is 11.2. The highest BCUT2D eigenvalue weighted by molar-refractivity contribution is 6.33. The number of methoxy groups -OCH3 is 2. The van der Waals surface area contributed by atoms with Crippen LogP contribution in [0.2, 0.25) is 5.02 Å². The molecule has 0 aliphatic rings. The van der Waals surface area contributed by atoms with E-state index in [0.29, 0.717) is 12.3 Å². The van der Waals surface area contributed by atoms with E-state index in [9.17, 15) is 4.79 Å². The van der Waals surface area contributed by atoms with Gasteiger partial charge in [0.15, 0.2) is 5.69 Å². The van der Waals surface area contributed by atoms with Gasteiger partial charge in [-0.25, -0.2) is 9.78 Å². The topological polar surface area (TPSA) is 48.4 Å². The Balaban J connectivity index is 3.01. The van der Waals surface area contributed by atoms with Crippen molar-refractivity contribution in [3.8, 4) is 0 Å². The van der Waals surface area contributed by atoms with Crippen LogP contribution < -0.4 is 0 Å². The average Bonchev–Trinajstić information content (AvgIpc) is 2.20. The lowest BCUT2D eigenvalue weighted by molar-refractivity contribution is 0.0593. The molecule has 4 nitrogen and oxygen atoms in total. The normalized spacial score (nSPS) is 9.93. The van der Waals surface area contributed by atoms with Crippen molar-refractivity contribution >= 4 is 17.6 Å². The van der Waals surface area contributed by atoms with Crippen molar-refractivity contribution in [3.63, 3.8) is 0 Å². The largest absolute Gasteiger partial charge is 0.464 e. The van der Waals surface area contributed by atoms with Gasteiger partial charge in [0.2, 0.25) is 0 Å². The zero-order valence-electron chi connectivity index (χ0n) is 7.91. The zero-order chi connectivity index (χ0) is 10.6. The minimum Gasteiger partial charge on any atom is -0.464 e. The molecule has 0 fully saturated rings. The summed E-state index contributed by atoms with van der Waals surface area (Å²) in [6.07, 6.45) is 0. The molecule has 1 heterocycles. The van der Waals surface area contributed by atoms with Gasteiger partial charge in [0.25, 0.3) is 0 Å². The standard InChI is InChI=1S/C9H10ClNO3/c1-13-5-6-3-4-7(10)8(11-6)9(12)14-2/h3-4H,5H2,1-2H3. The molecular weight excluding hydrogens is 206 g/mol. The lowest BCUT2D eigenvalue weighted by Crippen LogP contribution is -2.07. The van der Waals surface area contributed by atoms with Gasteiger partial charge in [-0.05, 0) is 12.1 Å². The molecule has 1 aromatic heterocycles. The molecule has 0 atom stereocenters. The second-order valence-electron chi connectivity index (χ2n) is 2.56. The number of aromatic nitrogens is 1. The van der Waals surface area contributed by atoms with Crippen molar-refractivity contribution < 1.29 is 14.3 Å². The molecule has 0 amide bonds. The zero-order valence-corrected chi connectivity index (χ0v) is 8.67. The van der Waals surface area contributed by atoms with Gasteiger partial charge in [-0.2, -0.15) is 0 Å². The molecule has 0 bridgehead atoms. The summed E-state index contributed by atoms with van der Waals surface area (Å²) in [5.74, 6) is -0.548. The molecule has 0 unspecified atom stereocenters. The predicted octanol–water partition coefficient (Wildman–Crippen LogP) is 1.67. The summed E-state index contributed by atoms with van der Waals surface area (Å²) < 4.78 is 9.40. The molecule has 1 aromatic rings. The quantitative estimate of drug-likeness (QED) is 0.720. The molecule has 0 saturated carbocycles. The number of carbonyl (C=O) groups is 1. The lowest BCUT2D eigenvalue weighted by Gasteiger charge is -2.03. The van der Waals surface area contributed by atoms with Crippen LogP contribution in [0.1, 0.15) is 16.2 Å². The Hall–Kier alpha value is -1.13. The number of hydrogen-bond donors (Lipinski definition) is 0. The van der Waals surface area contributed by atoms with Gasteiger partial charge in [-0.3, -0.25) is 0 Å². The van der Waals surface area contributed by atoms with E-state index in [1.807, 2.05) is 0 Å². The summed E-state index contributed by atoms with van der Waals surface area (Å²) >= 11 is 5.77. The van der Waals surface area contributed by atoms with Crippen LogP contribution >= 0.6 is 11.6 Å². The Labute approximate surface area is 86.8 Å². The molecule has 0 aromatic carbocycles. The van der Waals surface area contributed by atoms with Crippen LogP contribution in [0.25, 0.3) is 0 Å². The van der Waals surface area contributed by atoms with Crippen molar-refractivity contribution in [2.24, 2.45) is 0 Å². The Bertz CT molecular complexity index is 341. The molecule has 76 valence electrons. The minimum absolute atomic E-state index is 0.115. The van der Waals surface area contributed by atoms with E-state index in [1.54, 1.807) is 19.2 Å². The van der Waals surface area contributed by atoms with E-state index in [4.69, 9.17) is 16.3 Å². The SMILES string of the molecule is COCc1ccc(Cl)c(C(=O)OC)n1. The molecule has 0 saturated heterocycles. The Kier molecular flexibility index (Phi) is 3.85. The van der Waals surface area contributed by atoms with Crippen LogP contribution in [0, 0.1) is 0 Å². The molecule has 0 spiro atoms. The number of rotatable bonds is 3. The molecule has 0 N–H and O–H groups in total. The summed E-state index contributed by atoms with van der Waals surface area (Å²) in [5, 5.41) is 0.275. The van der Waals surface area contributed by atoms with Crippen LogP contribution in [0.5, 0.6) is 0 Å². The van der Waals surface area contributed by atoms with E-state index in [0.717, 1.165) is 0 Å². The van der Waals surface area contributed by atoms with Crippen LogP contribution in [0.4, 0.5) is 0 Å². The second kappa shape index (κ2) is 4.93. The van der Waals surface area contributed by atoms with Crippen molar-refractivity contribution in [2.75, 3.05) is 14.2 Å². The van der Waals surface area contributed by atoms with Gasteiger partial charge >= 0.3 is 5.97 Å². The highest BCUT2D eigenvalue weighted by Gasteiger charge is 2.12. The van der Waals surface area contributed by atoms with Crippen LogP contribution in [-0.2, 0) is 16.1 Å². The van der Waals surface area contributed by atoms with Gasteiger partial charge in [0, 0.05) is 7.11 Å². The van der Waals surface area contributed by atoms with Crippen molar-refractivity contribution in [1.29, 1.82) is 0 Å². The fraction of sp³-hybridized carbons (Fsp3) is 0.333. The van der Waals surface area contributed by atoms with E-state index in [1.165, 1.54) is 7.11 Å². The number of ether oxygens (including phenoxy) is 2. The molecule has 14 heavy (non-hydrogen) atoms.